The van der Waals surface area contributed by atoms with Crippen molar-refractivity contribution in [3.63, 3.8) is 0 Å². The quantitative estimate of drug-likeness (QED) is 0.496. The lowest BCUT2D eigenvalue weighted by Crippen LogP contribution is -2.22. The highest BCUT2D eigenvalue weighted by Crippen LogP contribution is 2.21. The zero-order valence-electron chi connectivity index (χ0n) is 12.7. The van der Waals surface area contributed by atoms with Crippen LogP contribution in [0.15, 0.2) is 29.4 Å². The largest absolute Gasteiger partial charge is 0.322 e. The van der Waals surface area contributed by atoms with Crippen molar-refractivity contribution in [3.05, 3.63) is 61.4 Å². The van der Waals surface area contributed by atoms with Gasteiger partial charge in [-0.3, -0.25) is 29.7 Å². The summed E-state index contributed by atoms with van der Waals surface area (Å²) in [6.07, 6.45) is 1.26. The lowest BCUT2D eigenvalue weighted by molar-refractivity contribution is -0.385. The molecule has 0 saturated heterocycles. The second-order valence-corrected chi connectivity index (χ2v) is 4.71. The van der Waals surface area contributed by atoms with Gasteiger partial charge in [0.05, 0.1) is 16.1 Å². The first-order valence-corrected chi connectivity index (χ1v) is 6.57. The van der Waals surface area contributed by atoms with E-state index in [9.17, 15) is 25.0 Å². The number of non-ortho nitro benzene ring substituents is 1. The molecule has 0 aliphatic heterocycles. The number of hydrogen-bond acceptors (Lipinski definition) is 7. The third kappa shape index (κ3) is 3.40. The van der Waals surface area contributed by atoms with Gasteiger partial charge in [0.1, 0.15) is 5.69 Å². The molecular weight excluding hydrogens is 320 g/mol. The second kappa shape index (κ2) is 6.64. The van der Waals surface area contributed by atoms with Gasteiger partial charge in [0.25, 0.3) is 11.6 Å². The zero-order valence-corrected chi connectivity index (χ0v) is 12.7. The summed E-state index contributed by atoms with van der Waals surface area (Å²) in [4.78, 5) is 32.4. The second-order valence-electron chi connectivity index (χ2n) is 4.71. The van der Waals surface area contributed by atoms with E-state index < -0.39 is 15.8 Å². The number of benzene rings is 1. The van der Waals surface area contributed by atoms with Crippen molar-refractivity contribution in [2.45, 2.75) is 6.92 Å². The van der Waals surface area contributed by atoms with Crippen LogP contribution in [0, 0.1) is 27.2 Å². The highest BCUT2D eigenvalue weighted by molar-refractivity contribution is 5.97. The van der Waals surface area contributed by atoms with Gasteiger partial charge in [-0.2, -0.15) is 10.2 Å². The van der Waals surface area contributed by atoms with Crippen LogP contribution in [0.25, 0.3) is 0 Å². The van der Waals surface area contributed by atoms with Crippen LogP contribution in [0.4, 0.5) is 11.4 Å². The van der Waals surface area contributed by atoms with Crippen LogP contribution < -0.4 is 5.43 Å². The zero-order chi connectivity index (χ0) is 17.9. The van der Waals surface area contributed by atoms with E-state index in [1.165, 1.54) is 44.5 Å². The van der Waals surface area contributed by atoms with Gasteiger partial charge in [0, 0.05) is 19.2 Å². The summed E-state index contributed by atoms with van der Waals surface area (Å²) >= 11 is 0. The van der Waals surface area contributed by atoms with Gasteiger partial charge < -0.3 is 0 Å². The molecule has 1 N–H and O–H groups in total. The minimum atomic E-state index is -0.789. The molecule has 0 saturated carbocycles. The van der Waals surface area contributed by atoms with E-state index in [1.807, 2.05) is 0 Å². The monoisotopic (exact) mass is 332 g/mol. The molecular formula is C13H12N6O5. The highest BCUT2D eigenvalue weighted by atomic mass is 16.6. The molecule has 0 atom stereocenters. The van der Waals surface area contributed by atoms with Crippen LogP contribution >= 0.6 is 0 Å². The normalized spacial score (nSPS) is 10.8. The van der Waals surface area contributed by atoms with E-state index >= 15 is 0 Å². The molecule has 1 aromatic heterocycles. The van der Waals surface area contributed by atoms with E-state index in [-0.39, 0.29) is 22.8 Å². The van der Waals surface area contributed by atoms with E-state index in [0.29, 0.717) is 5.56 Å². The van der Waals surface area contributed by atoms with Crippen LogP contribution in [0.5, 0.6) is 0 Å². The molecule has 0 aliphatic carbocycles. The van der Waals surface area contributed by atoms with Crippen molar-refractivity contribution in [3.8, 4) is 0 Å². The first-order valence-electron chi connectivity index (χ1n) is 6.57. The molecule has 0 spiro atoms. The number of aryl methyl sites for hydroxylation is 2. The van der Waals surface area contributed by atoms with Crippen LogP contribution in [-0.2, 0) is 7.05 Å². The Balaban J connectivity index is 2.13. The molecule has 0 aliphatic rings. The first kappa shape index (κ1) is 16.7. The maximum atomic E-state index is 12.1. The molecule has 0 fully saturated rings. The van der Waals surface area contributed by atoms with Gasteiger partial charge in [0.15, 0.2) is 0 Å². The smallest absolute Gasteiger partial charge is 0.265 e. The van der Waals surface area contributed by atoms with E-state index in [2.05, 4.69) is 15.6 Å². The van der Waals surface area contributed by atoms with Gasteiger partial charge in [-0.25, -0.2) is 5.43 Å². The lowest BCUT2D eigenvalue weighted by Gasteiger charge is -2.00. The van der Waals surface area contributed by atoms with E-state index in [0.717, 1.165) is 4.68 Å². The molecule has 0 bridgehead atoms. The number of rotatable bonds is 5. The molecule has 1 heterocycles. The van der Waals surface area contributed by atoms with Crippen LogP contribution in [0.1, 0.15) is 21.7 Å². The summed E-state index contributed by atoms with van der Waals surface area (Å²) in [6, 6.07) is 5.48. The fraction of sp³-hybridized carbons (Fsp3) is 0.154. The van der Waals surface area contributed by atoms with Crippen molar-refractivity contribution in [1.82, 2.24) is 15.2 Å². The highest BCUT2D eigenvalue weighted by Gasteiger charge is 2.29. The van der Waals surface area contributed by atoms with Crippen molar-refractivity contribution >= 4 is 23.5 Å². The van der Waals surface area contributed by atoms with Gasteiger partial charge in [-0.1, -0.05) is 0 Å². The van der Waals surface area contributed by atoms with Gasteiger partial charge in [0.2, 0.25) is 5.69 Å². The topological polar surface area (TPSA) is 146 Å². The minimum Gasteiger partial charge on any atom is -0.265 e. The Kier molecular flexibility index (Phi) is 4.63. The lowest BCUT2D eigenvalue weighted by atomic mass is 10.2. The van der Waals surface area contributed by atoms with Gasteiger partial charge >= 0.3 is 5.69 Å². The average molecular weight is 332 g/mol. The van der Waals surface area contributed by atoms with Gasteiger partial charge in [-0.05, 0) is 24.6 Å². The maximum absolute atomic E-state index is 12.1. The number of nitro groups is 2. The molecule has 2 aromatic rings. The Morgan fingerprint density at radius 1 is 1.25 bits per heavy atom. The predicted molar refractivity (Wildman–Crippen MR) is 82.8 cm³/mol. The number of carbonyl (C=O) groups is 1. The summed E-state index contributed by atoms with van der Waals surface area (Å²) in [5, 5.41) is 29.1. The first-order chi connectivity index (χ1) is 11.3. The molecule has 124 valence electrons. The summed E-state index contributed by atoms with van der Waals surface area (Å²) in [7, 11) is 1.41. The number of aromatic nitrogens is 2. The van der Waals surface area contributed by atoms with Gasteiger partial charge in [-0.15, -0.1) is 0 Å². The molecule has 11 nitrogen and oxygen atoms in total. The number of hydrazone groups is 1. The molecule has 24 heavy (non-hydrogen) atoms. The minimum absolute atomic E-state index is 0.0721. The number of carbonyl (C=O) groups excluding carboxylic acids is 1. The standard InChI is InChI=1S/C13H12N6O5/c1-8-11(19(23)24)12(17(2)16-8)13(20)15-14-7-9-3-5-10(6-4-9)18(21)22/h3-7H,1-2H3,(H,15,20)/b14-7-. The van der Waals surface area contributed by atoms with Crippen LogP contribution in [-0.4, -0.2) is 31.7 Å². The molecule has 1 amide bonds. The third-order valence-electron chi connectivity index (χ3n) is 3.07. The molecule has 0 radical (unpaired) electrons. The Labute approximate surface area is 134 Å². The number of nitro benzene ring substituents is 1. The summed E-state index contributed by atoms with van der Waals surface area (Å²) in [5.41, 5.74) is 2.11. The van der Waals surface area contributed by atoms with E-state index in [1.54, 1.807) is 0 Å². The van der Waals surface area contributed by atoms with Crippen molar-refractivity contribution < 1.29 is 14.6 Å². The molecule has 0 unspecified atom stereocenters. The fourth-order valence-electron chi connectivity index (χ4n) is 2.02. The molecule has 1 aromatic carbocycles. The maximum Gasteiger partial charge on any atom is 0.322 e. The van der Waals surface area contributed by atoms with Crippen molar-refractivity contribution in [2.24, 2.45) is 12.1 Å². The van der Waals surface area contributed by atoms with Crippen molar-refractivity contribution in [1.29, 1.82) is 0 Å². The molecule has 11 heteroatoms. The van der Waals surface area contributed by atoms with Crippen LogP contribution in [0.2, 0.25) is 0 Å². The number of nitrogens with one attached hydrogen (secondary N) is 1. The summed E-state index contributed by atoms with van der Waals surface area (Å²) in [6.45, 7) is 1.43. The van der Waals surface area contributed by atoms with Crippen molar-refractivity contribution in [2.75, 3.05) is 0 Å². The molecule has 2 rings (SSSR count). The average Bonchev–Trinajstić information content (AvgIpc) is 2.82. The fourth-order valence-corrected chi connectivity index (χ4v) is 2.02. The SMILES string of the molecule is Cc1nn(C)c(C(=O)N/N=C\c2ccc([N+](=O)[O-])cc2)c1[N+](=O)[O-]. The van der Waals surface area contributed by atoms with E-state index in [4.69, 9.17) is 0 Å². The number of hydrogen-bond donors (Lipinski definition) is 1. The third-order valence-corrected chi connectivity index (χ3v) is 3.07. The number of nitrogens with zero attached hydrogens (tertiary/aromatic N) is 5. The Bertz CT molecular complexity index is 839. The summed E-state index contributed by atoms with van der Waals surface area (Å²) in [5.74, 6) is -0.789. The summed E-state index contributed by atoms with van der Waals surface area (Å²) < 4.78 is 1.10. The van der Waals surface area contributed by atoms with Crippen LogP contribution in [0.3, 0.4) is 0 Å². The predicted octanol–water partition coefficient (Wildman–Crippen LogP) is 1.31. The number of amides is 1. The Morgan fingerprint density at radius 2 is 1.88 bits per heavy atom. The Morgan fingerprint density at radius 3 is 2.42 bits per heavy atom. The Hall–Kier alpha value is -3.63.